The highest BCUT2D eigenvalue weighted by Crippen LogP contribution is 2.26. The molecular formula is C14H24F3N3O2S. The summed E-state index contributed by atoms with van der Waals surface area (Å²) in [5.74, 6) is 0.00509. The summed E-state index contributed by atoms with van der Waals surface area (Å²) in [6.07, 6.45) is -2.00. The Hall–Kier alpha value is -1.09. The first-order valence-corrected chi connectivity index (χ1v) is 8.89. The van der Waals surface area contributed by atoms with E-state index in [1.807, 2.05) is 13.8 Å². The lowest BCUT2D eigenvalue weighted by atomic mass is 10.1. The summed E-state index contributed by atoms with van der Waals surface area (Å²) in [6.45, 7) is 7.75. The number of nitrogens with zero attached hydrogens (tertiary/aromatic N) is 3. The summed E-state index contributed by atoms with van der Waals surface area (Å²) in [6, 6.07) is -0.795. The van der Waals surface area contributed by atoms with Crippen molar-refractivity contribution in [1.29, 1.82) is 0 Å². The monoisotopic (exact) mass is 355 g/mol. The number of hydrogen-bond acceptors (Lipinski definition) is 3. The summed E-state index contributed by atoms with van der Waals surface area (Å²) in [5.41, 5.74) is 0. The molecule has 9 heteroatoms. The molecule has 0 aliphatic rings. The van der Waals surface area contributed by atoms with Crippen LogP contribution >= 0.6 is 0 Å². The normalized spacial score (nSPS) is 14.9. The Morgan fingerprint density at radius 2 is 1.78 bits per heavy atom. The fraction of sp³-hybridized carbons (Fsp3) is 0.786. The molecule has 134 valence electrons. The van der Waals surface area contributed by atoms with Crippen molar-refractivity contribution in [3.05, 3.63) is 12.5 Å². The average Bonchev–Trinajstić information content (AvgIpc) is 2.82. The third-order valence-electron chi connectivity index (χ3n) is 3.51. The number of rotatable bonds is 7. The Kier molecular flexibility index (Phi) is 6.25. The number of imidazole rings is 1. The molecule has 5 nitrogen and oxygen atoms in total. The molecule has 0 radical (unpaired) electrons. The summed E-state index contributed by atoms with van der Waals surface area (Å²) in [5, 5.41) is -0.352. The number of halogens is 3. The minimum Gasteiger partial charge on any atom is -0.336 e. The number of alkyl halides is 3. The largest absolute Gasteiger partial charge is 0.402 e. The van der Waals surface area contributed by atoms with E-state index in [-0.39, 0.29) is 16.9 Å². The Labute approximate surface area is 135 Å². The molecule has 0 saturated carbocycles. The minimum atomic E-state index is -4.61. The van der Waals surface area contributed by atoms with Gasteiger partial charge in [-0.25, -0.2) is 13.4 Å². The van der Waals surface area contributed by atoms with Gasteiger partial charge in [0.2, 0.25) is 0 Å². The standard InChI is InChI=1S/C14H24F3N3O2S/c1-10(2)6-19-7-13(18-9-19)23(21,22)20(8-14(15,16)17)12(5)11(3)4/h7,9-12H,6,8H2,1-5H3. The molecule has 1 aromatic heterocycles. The molecule has 0 aromatic carbocycles. The Balaban J connectivity index is 3.19. The Bertz CT molecular complexity index is 609. The van der Waals surface area contributed by atoms with E-state index >= 15 is 0 Å². The molecule has 0 aliphatic heterocycles. The van der Waals surface area contributed by atoms with Crippen molar-refractivity contribution < 1.29 is 21.6 Å². The molecule has 1 unspecified atom stereocenters. The predicted molar refractivity (Wildman–Crippen MR) is 81.3 cm³/mol. The lowest BCUT2D eigenvalue weighted by Crippen LogP contribution is -2.46. The Morgan fingerprint density at radius 3 is 2.22 bits per heavy atom. The molecule has 1 rings (SSSR count). The van der Waals surface area contributed by atoms with Gasteiger partial charge in [-0.05, 0) is 18.8 Å². The van der Waals surface area contributed by atoms with Crippen LogP contribution in [0.4, 0.5) is 13.2 Å². The van der Waals surface area contributed by atoms with Gasteiger partial charge in [-0.15, -0.1) is 0 Å². The summed E-state index contributed by atoms with van der Waals surface area (Å²) < 4.78 is 65.7. The SMILES string of the molecule is CC(C)Cn1cnc(S(=O)(=O)N(CC(F)(F)F)C(C)C(C)C)c1. The van der Waals surface area contributed by atoms with Crippen molar-refractivity contribution in [2.24, 2.45) is 11.8 Å². The molecule has 0 bridgehead atoms. The van der Waals surface area contributed by atoms with Crippen molar-refractivity contribution in [1.82, 2.24) is 13.9 Å². The van der Waals surface area contributed by atoms with Crippen LogP contribution in [0.2, 0.25) is 0 Å². The molecule has 1 atom stereocenters. The van der Waals surface area contributed by atoms with Crippen LogP contribution in [-0.2, 0) is 16.6 Å². The van der Waals surface area contributed by atoms with E-state index in [1.54, 1.807) is 18.4 Å². The van der Waals surface area contributed by atoms with E-state index in [0.717, 1.165) is 0 Å². The topological polar surface area (TPSA) is 55.2 Å². The van der Waals surface area contributed by atoms with E-state index < -0.39 is 28.8 Å². The number of aromatic nitrogens is 2. The molecule has 0 saturated heterocycles. The summed E-state index contributed by atoms with van der Waals surface area (Å²) >= 11 is 0. The minimum absolute atomic E-state index is 0.259. The van der Waals surface area contributed by atoms with E-state index in [4.69, 9.17) is 0 Å². The van der Waals surface area contributed by atoms with Gasteiger partial charge in [0.1, 0.15) is 6.54 Å². The fourth-order valence-corrected chi connectivity index (χ4v) is 3.76. The fourth-order valence-electron chi connectivity index (χ4n) is 2.07. The van der Waals surface area contributed by atoms with Gasteiger partial charge in [0.05, 0.1) is 6.33 Å². The zero-order valence-corrected chi connectivity index (χ0v) is 14.8. The second-order valence-corrected chi connectivity index (χ2v) is 8.29. The van der Waals surface area contributed by atoms with Crippen molar-refractivity contribution in [2.75, 3.05) is 6.54 Å². The van der Waals surface area contributed by atoms with Crippen LogP contribution in [0.25, 0.3) is 0 Å². The van der Waals surface area contributed by atoms with Crippen LogP contribution in [0.15, 0.2) is 17.6 Å². The van der Waals surface area contributed by atoms with Gasteiger partial charge in [-0.2, -0.15) is 17.5 Å². The van der Waals surface area contributed by atoms with Crippen molar-refractivity contribution in [3.63, 3.8) is 0 Å². The molecule has 0 N–H and O–H groups in total. The zero-order chi connectivity index (χ0) is 18.0. The summed E-state index contributed by atoms with van der Waals surface area (Å²) in [4.78, 5) is 3.80. The molecule has 23 heavy (non-hydrogen) atoms. The van der Waals surface area contributed by atoms with Gasteiger partial charge in [0, 0.05) is 18.8 Å². The van der Waals surface area contributed by atoms with Crippen molar-refractivity contribution >= 4 is 10.0 Å². The zero-order valence-electron chi connectivity index (χ0n) is 14.0. The quantitative estimate of drug-likeness (QED) is 0.755. The van der Waals surface area contributed by atoms with Crippen LogP contribution in [0.5, 0.6) is 0 Å². The van der Waals surface area contributed by atoms with E-state index in [2.05, 4.69) is 4.98 Å². The van der Waals surface area contributed by atoms with Crippen LogP contribution in [0.1, 0.15) is 34.6 Å². The first kappa shape index (κ1) is 20.0. The highest BCUT2D eigenvalue weighted by Gasteiger charge is 2.41. The second-order valence-electron chi connectivity index (χ2n) is 6.45. The number of sulfonamides is 1. The average molecular weight is 355 g/mol. The lowest BCUT2D eigenvalue weighted by Gasteiger charge is -2.30. The highest BCUT2D eigenvalue weighted by molar-refractivity contribution is 7.89. The van der Waals surface area contributed by atoms with Gasteiger partial charge < -0.3 is 4.57 Å². The van der Waals surface area contributed by atoms with E-state index in [1.165, 1.54) is 19.4 Å². The molecule has 0 fully saturated rings. The maximum absolute atomic E-state index is 12.8. The van der Waals surface area contributed by atoms with Crippen molar-refractivity contribution in [2.45, 2.75) is 58.4 Å². The van der Waals surface area contributed by atoms with E-state index in [9.17, 15) is 21.6 Å². The van der Waals surface area contributed by atoms with Gasteiger partial charge in [0.15, 0.2) is 5.03 Å². The molecular weight excluding hydrogens is 331 g/mol. The van der Waals surface area contributed by atoms with Gasteiger partial charge in [-0.1, -0.05) is 27.7 Å². The molecule has 0 spiro atoms. The highest BCUT2D eigenvalue weighted by atomic mass is 32.2. The van der Waals surface area contributed by atoms with Crippen molar-refractivity contribution in [3.8, 4) is 0 Å². The second kappa shape index (κ2) is 7.21. The number of hydrogen-bond donors (Lipinski definition) is 0. The van der Waals surface area contributed by atoms with Gasteiger partial charge in [0.25, 0.3) is 10.0 Å². The lowest BCUT2D eigenvalue weighted by molar-refractivity contribution is -0.140. The van der Waals surface area contributed by atoms with E-state index in [0.29, 0.717) is 10.8 Å². The molecule has 1 heterocycles. The molecule has 0 aliphatic carbocycles. The maximum Gasteiger partial charge on any atom is 0.402 e. The smallest absolute Gasteiger partial charge is 0.336 e. The molecule has 1 aromatic rings. The van der Waals surface area contributed by atoms with Crippen LogP contribution < -0.4 is 0 Å². The van der Waals surface area contributed by atoms with Gasteiger partial charge >= 0.3 is 6.18 Å². The predicted octanol–water partition coefficient (Wildman–Crippen LogP) is 3.14. The van der Waals surface area contributed by atoms with Crippen LogP contribution in [0.3, 0.4) is 0 Å². The Morgan fingerprint density at radius 1 is 1.22 bits per heavy atom. The summed E-state index contributed by atoms with van der Waals surface area (Å²) in [7, 11) is -4.31. The van der Waals surface area contributed by atoms with Gasteiger partial charge in [-0.3, -0.25) is 0 Å². The molecule has 0 amide bonds. The maximum atomic E-state index is 12.8. The van der Waals surface area contributed by atoms with Crippen LogP contribution in [-0.4, -0.2) is 41.0 Å². The third kappa shape index (κ3) is 5.49. The third-order valence-corrected chi connectivity index (χ3v) is 5.33. The van der Waals surface area contributed by atoms with Crippen LogP contribution in [0, 0.1) is 11.8 Å². The first-order valence-electron chi connectivity index (χ1n) is 7.45. The first-order chi connectivity index (χ1) is 10.3.